The Morgan fingerprint density at radius 3 is 2.74 bits per heavy atom. The number of hydrogen-bond donors (Lipinski definition) is 3. The highest BCUT2D eigenvalue weighted by Gasteiger charge is 2.12. The lowest BCUT2D eigenvalue weighted by Crippen LogP contribution is -2.30. The first kappa shape index (κ1) is 17.6. The number of nitrogens with one attached hydrogen (secondary N) is 2. The molecular formula is C11H17Cl2N5O. The largest absolute Gasteiger partial charge is 0.382 e. The zero-order chi connectivity index (χ0) is 12.1. The summed E-state index contributed by atoms with van der Waals surface area (Å²) < 4.78 is 0. The molecule has 19 heavy (non-hydrogen) atoms. The van der Waals surface area contributed by atoms with Gasteiger partial charge in [0.25, 0.3) is 5.91 Å². The molecule has 0 saturated heterocycles. The number of nitrogens with two attached hydrogens (primary N) is 1. The van der Waals surface area contributed by atoms with Gasteiger partial charge < -0.3 is 16.4 Å². The minimum Gasteiger partial charge on any atom is -0.382 e. The van der Waals surface area contributed by atoms with Gasteiger partial charge in [-0.1, -0.05) is 11.6 Å². The van der Waals surface area contributed by atoms with Crippen LogP contribution in [-0.2, 0) is 0 Å². The van der Waals surface area contributed by atoms with E-state index in [1.54, 1.807) is 0 Å². The van der Waals surface area contributed by atoms with Crippen molar-refractivity contribution in [2.45, 2.75) is 6.42 Å². The Hall–Kier alpha value is -1.37. The molecule has 2 heterocycles. The molecule has 8 heteroatoms. The lowest BCUT2D eigenvalue weighted by molar-refractivity contribution is 0.0952. The molecule has 0 aliphatic carbocycles. The summed E-state index contributed by atoms with van der Waals surface area (Å²) in [5.41, 5.74) is 6.98. The van der Waals surface area contributed by atoms with E-state index in [1.165, 1.54) is 18.0 Å². The van der Waals surface area contributed by atoms with Crippen LogP contribution in [0.2, 0.25) is 0 Å². The maximum atomic E-state index is 11.8. The van der Waals surface area contributed by atoms with E-state index in [9.17, 15) is 4.79 Å². The molecule has 0 fully saturated rings. The molecule has 0 radical (unpaired) electrons. The normalized spacial score (nSPS) is 13.6. The fraction of sp³-hybridized carbons (Fsp3) is 0.364. The Balaban J connectivity index is 0.00000162. The van der Waals surface area contributed by atoms with Crippen LogP contribution in [0.3, 0.4) is 0 Å². The molecule has 4 N–H and O–H groups in total. The van der Waals surface area contributed by atoms with Gasteiger partial charge in [-0.15, -0.1) is 24.8 Å². The summed E-state index contributed by atoms with van der Waals surface area (Å²) in [5, 5.41) is 6.00. The van der Waals surface area contributed by atoms with Crippen LogP contribution in [-0.4, -0.2) is 35.5 Å². The maximum absolute atomic E-state index is 11.8. The molecular weight excluding hydrogens is 289 g/mol. The number of nitrogens with zero attached hydrogens (tertiary/aromatic N) is 2. The Bertz CT molecular complexity index is 452. The number of aromatic nitrogens is 2. The highest BCUT2D eigenvalue weighted by Crippen LogP contribution is 2.05. The van der Waals surface area contributed by atoms with Gasteiger partial charge in [-0.3, -0.25) is 4.79 Å². The maximum Gasteiger partial charge on any atom is 0.273 e. The molecule has 0 bridgehead atoms. The van der Waals surface area contributed by atoms with Crippen molar-refractivity contribution < 1.29 is 4.79 Å². The molecule has 0 unspecified atom stereocenters. The highest BCUT2D eigenvalue weighted by molar-refractivity contribution is 5.96. The van der Waals surface area contributed by atoms with Crippen LogP contribution in [0.5, 0.6) is 0 Å². The molecule has 1 aliphatic heterocycles. The zero-order valence-electron chi connectivity index (χ0n) is 10.3. The smallest absolute Gasteiger partial charge is 0.273 e. The quantitative estimate of drug-likeness (QED) is 0.709. The minimum absolute atomic E-state index is 0. The van der Waals surface area contributed by atoms with Crippen molar-refractivity contribution in [1.29, 1.82) is 0 Å². The summed E-state index contributed by atoms with van der Waals surface area (Å²) in [6.45, 7) is 2.35. The van der Waals surface area contributed by atoms with Gasteiger partial charge in [0.2, 0.25) is 0 Å². The van der Waals surface area contributed by atoms with Gasteiger partial charge in [0.05, 0.1) is 0 Å². The number of amides is 1. The van der Waals surface area contributed by atoms with E-state index < -0.39 is 0 Å². The molecule has 1 amide bonds. The number of carbonyl (C=O) groups excluding carboxylic acids is 1. The summed E-state index contributed by atoms with van der Waals surface area (Å²) >= 11 is 0. The van der Waals surface area contributed by atoms with Gasteiger partial charge in [-0.2, -0.15) is 0 Å². The van der Waals surface area contributed by atoms with Gasteiger partial charge in [0, 0.05) is 25.5 Å². The van der Waals surface area contributed by atoms with Crippen molar-refractivity contribution in [1.82, 2.24) is 20.6 Å². The third kappa shape index (κ3) is 5.02. The first-order valence-corrected chi connectivity index (χ1v) is 5.50. The van der Waals surface area contributed by atoms with Crippen LogP contribution in [0, 0.1) is 0 Å². The number of hydrogen-bond acceptors (Lipinski definition) is 5. The van der Waals surface area contributed by atoms with Crippen molar-refractivity contribution in [3.63, 3.8) is 0 Å². The van der Waals surface area contributed by atoms with E-state index in [-0.39, 0.29) is 42.2 Å². The number of rotatable bonds is 3. The molecule has 106 valence electrons. The first-order valence-electron chi connectivity index (χ1n) is 5.50. The predicted octanol–water partition coefficient (Wildman–Crippen LogP) is 0.552. The molecule has 1 aromatic rings. The van der Waals surface area contributed by atoms with E-state index in [4.69, 9.17) is 5.73 Å². The standard InChI is InChI=1S/C11H15N5O.2ClH/c12-10-9(14-5-6-15-10)11(17)16-7-8-1-3-13-4-2-8;;/h1,5-6,13H,2-4,7H2,(H2,12,15)(H,16,17);2*1H. The number of carbonyl (C=O) groups is 1. The Morgan fingerprint density at radius 2 is 2.11 bits per heavy atom. The topological polar surface area (TPSA) is 92.9 Å². The molecule has 0 saturated carbocycles. The van der Waals surface area contributed by atoms with Gasteiger partial charge in [0.15, 0.2) is 11.5 Å². The molecule has 1 aliphatic rings. The second kappa shape index (κ2) is 8.68. The van der Waals surface area contributed by atoms with E-state index in [1.807, 2.05) is 0 Å². The SMILES string of the molecule is Cl.Cl.Nc1nccnc1C(=O)NCC1=CCNCC1. The van der Waals surface area contributed by atoms with Gasteiger partial charge in [0.1, 0.15) is 0 Å². The van der Waals surface area contributed by atoms with E-state index >= 15 is 0 Å². The third-order valence-corrected chi connectivity index (χ3v) is 2.58. The number of nitrogen functional groups attached to an aromatic ring is 1. The van der Waals surface area contributed by atoms with Gasteiger partial charge in [-0.25, -0.2) is 9.97 Å². The lowest BCUT2D eigenvalue weighted by Gasteiger charge is -2.14. The summed E-state index contributed by atoms with van der Waals surface area (Å²) in [6, 6.07) is 0. The zero-order valence-corrected chi connectivity index (χ0v) is 11.9. The van der Waals surface area contributed by atoms with E-state index in [2.05, 4.69) is 26.7 Å². The summed E-state index contributed by atoms with van der Waals surface area (Å²) in [6.07, 6.45) is 5.95. The van der Waals surface area contributed by atoms with Crippen LogP contribution < -0.4 is 16.4 Å². The van der Waals surface area contributed by atoms with Crippen molar-refractivity contribution >= 4 is 36.5 Å². The second-order valence-electron chi connectivity index (χ2n) is 3.79. The molecule has 0 spiro atoms. The molecule has 0 aromatic carbocycles. The fourth-order valence-electron chi connectivity index (χ4n) is 1.63. The molecule has 0 atom stereocenters. The molecule has 2 rings (SSSR count). The third-order valence-electron chi connectivity index (χ3n) is 2.58. The van der Waals surface area contributed by atoms with Crippen LogP contribution in [0.4, 0.5) is 5.82 Å². The van der Waals surface area contributed by atoms with E-state index in [0.29, 0.717) is 6.54 Å². The Kier molecular flexibility index (Phi) is 8.06. The van der Waals surface area contributed by atoms with Crippen LogP contribution in [0.25, 0.3) is 0 Å². The fourth-order valence-corrected chi connectivity index (χ4v) is 1.63. The van der Waals surface area contributed by atoms with Gasteiger partial charge >= 0.3 is 0 Å². The average molecular weight is 306 g/mol. The average Bonchev–Trinajstić information content (AvgIpc) is 2.38. The minimum atomic E-state index is -0.282. The summed E-state index contributed by atoms with van der Waals surface area (Å²) in [4.78, 5) is 19.5. The predicted molar refractivity (Wildman–Crippen MR) is 78.8 cm³/mol. The van der Waals surface area contributed by atoms with Crippen molar-refractivity contribution in [2.75, 3.05) is 25.4 Å². The van der Waals surface area contributed by atoms with Crippen molar-refractivity contribution in [2.24, 2.45) is 0 Å². The lowest BCUT2D eigenvalue weighted by atomic mass is 10.1. The Morgan fingerprint density at radius 1 is 1.37 bits per heavy atom. The Labute approximate surface area is 124 Å². The van der Waals surface area contributed by atoms with Crippen LogP contribution in [0.1, 0.15) is 16.9 Å². The van der Waals surface area contributed by atoms with Gasteiger partial charge in [-0.05, 0) is 13.0 Å². The molecule has 1 aromatic heterocycles. The number of anilines is 1. The molecule has 6 nitrogen and oxygen atoms in total. The van der Waals surface area contributed by atoms with Crippen LogP contribution >= 0.6 is 24.8 Å². The monoisotopic (exact) mass is 305 g/mol. The van der Waals surface area contributed by atoms with E-state index in [0.717, 1.165) is 19.5 Å². The summed E-state index contributed by atoms with van der Waals surface area (Å²) in [7, 11) is 0. The first-order chi connectivity index (χ1) is 8.27. The van der Waals surface area contributed by atoms with Crippen molar-refractivity contribution in [3.05, 3.63) is 29.7 Å². The highest BCUT2D eigenvalue weighted by atomic mass is 35.5. The second-order valence-corrected chi connectivity index (χ2v) is 3.79. The number of halogens is 2. The van der Waals surface area contributed by atoms with Crippen molar-refractivity contribution in [3.8, 4) is 0 Å². The summed E-state index contributed by atoms with van der Waals surface area (Å²) in [5.74, 6) is -0.126. The van der Waals surface area contributed by atoms with Crippen LogP contribution in [0.15, 0.2) is 24.0 Å².